The molecule has 2 heterocycles. The topological polar surface area (TPSA) is 41.6 Å². The predicted molar refractivity (Wildman–Crippen MR) is 80.0 cm³/mol. The molecule has 1 amide bonds. The highest BCUT2D eigenvalue weighted by atomic mass is 35.5. The zero-order valence-corrected chi connectivity index (χ0v) is 12.6. The van der Waals surface area contributed by atoms with E-state index in [0.29, 0.717) is 6.61 Å². The van der Waals surface area contributed by atoms with Crippen molar-refractivity contribution in [3.63, 3.8) is 0 Å². The third-order valence-electron chi connectivity index (χ3n) is 4.80. The van der Waals surface area contributed by atoms with Crippen molar-refractivity contribution in [2.45, 2.75) is 43.4 Å². The van der Waals surface area contributed by atoms with Gasteiger partial charge in [0.05, 0.1) is 12.6 Å². The molecule has 1 spiro atoms. The van der Waals surface area contributed by atoms with Gasteiger partial charge in [0.1, 0.15) is 11.7 Å². The maximum atomic E-state index is 12.8. The van der Waals surface area contributed by atoms with Crippen LogP contribution in [-0.4, -0.2) is 35.6 Å². The van der Waals surface area contributed by atoms with Gasteiger partial charge in [0.25, 0.3) is 0 Å². The number of hydrogen-bond donors (Lipinski definition) is 1. The largest absolute Gasteiger partial charge is 0.379 e. The molecule has 112 valence electrons. The first-order valence-electron chi connectivity index (χ1n) is 7.63. The number of ether oxygens (including phenoxy) is 1. The molecule has 2 unspecified atom stereocenters. The fourth-order valence-electron chi connectivity index (χ4n) is 3.45. The van der Waals surface area contributed by atoms with Gasteiger partial charge in [-0.1, -0.05) is 23.7 Å². The monoisotopic (exact) mass is 306 g/mol. The van der Waals surface area contributed by atoms with E-state index in [0.717, 1.165) is 42.9 Å². The van der Waals surface area contributed by atoms with E-state index in [2.05, 4.69) is 5.32 Å². The van der Waals surface area contributed by atoms with E-state index >= 15 is 0 Å². The lowest BCUT2D eigenvalue weighted by molar-refractivity contribution is -0.136. The Morgan fingerprint density at radius 1 is 1.29 bits per heavy atom. The SMILES string of the molecule is O=C1N(C2CCCOC2)C(c2ccc(Cl)cc2)NC12CC2. The standard InChI is InChI=1S/C16H19ClN2O2/c17-12-5-3-11(4-6-12)14-18-16(7-8-16)15(20)19(14)13-2-1-9-21-10-13/h3-6,13-14,18H,1-2,7-10H2. The molecule has 4 nitrogen and oxygen atoms in total. The quantitative estimate of drug-likeness (QED) is 0.913. The van der Waals surface area contributed by atoms with Gasteiger partial charge in [-0.05, 0) is 43.4 Å². The molecule has 5 heteroatoms. The Kier molecular flexibility index (Phi) is 3.21. The number of halogens is 1. The average molecular weight is 307 g/mol. The highest BCUT2D eigenvalue weighted by Gasteiger charge is 2.60. The summed E-state index contributed by atoms with van der Waals surface area (Å²) in [6.45, 7) is 1.45. The molecule has 2 saturated heterocycles. The molecule has 4 rings (SSSR count). The van der Waals surface area contributed by atoms with E-state index in [1.165, 1.54) is 0 Å². The summed E-state index contributed by atoms with van der Waals surface area (Å²) in [7, 11) is 0. The van der Waals surface area contributed by atoms with Crippen LogP contribution in [0.4, 0.5) is 0 Å². The van der Waals surface area contributed by atoms with Gasteiger partial charge in [0.15, 0.2) is 0 Å². The average Bonchev–Trinajstić information content (AvgIpc) is 3.23. The molecule has 2 atom stereocenters. The van der Waals surface area contributed by atoms with E-state index in [1.54, 1.807) is 0 Å². The summed E-state index contributed by atoms with van der Waals surface area (Å²) in [4.78, 5) is 14.8. The van der Waals surface area contributed by atoms with Crippen molar-refractivity contribution in [1.82, 2.24) is 10.2 Å². The molecule has 2 aliphatic heterocycles. The van der Waals surface area contributed by atoms with E-state index in [9.17, 15) is 4.79 Å². The van der Waals surface area contributed by atoms with Crippen molar-refractivity contribution >= 4 is 17.5 Å². The Bertz CT molecular complexity index is 550. The molecule has 1 N–H and O–H groups in total. The maximum Gasteiger partial charge on any atom is 0.244 e. The summed E-state index contributed by atoms with van der Waals surface area (Å²) in [5.74, 6) is 0.248. The van der Waals surface area contributed by atoms with Crippen LogP contribution in [0.5, 0.6) is 0 Å². The molecule has 1 saturated carbocycles. The van der Waals surface area contributed by atoms with Gasteiger partial charge in [0, 0.05) is 11.6 Å². The van der Waals surface area contributed by atoms with Crippen LogP contribution in [-0.2, 0) is 9.53 Å². The Morgan fingerprint density at radius 3 is 2.67 bits per heavy atom. The van der Waals surface area contributed by atoms with Gasteiger partial charge in [0.2, 0.25) is 5.91 Å². The molecule has 1 aromatic rings. The summed E-state index contributed by atoms with van der Waals surface area (Å²) in [5.41, 5.74) is 0.795. The number of carbonyl (C=O) groups is 1. The maximum absolute atomic E-state index is 12.8. The van der Waals surface area contributed by atoms with Crippen LogP contribution >= 0.6 is 11.6 Å². The van der Waals surface area contributed by atoms with Crippen LogP contribution in [0.25, 0.3) is 0 Å². The van der Waals surface area contributed by atoms with Gasteiger partial charge in [-0.15, -0.1) is 0 Å². The lowest BCUT2D eigenvalue weighted by Gasteiger charge is -2.35. The van der Waals surface area contributed by atoms with E-state index in [1.807, 2.05) is 29.2 Å². The van der Waals surface area contributed by atoms with Crippen molar-refractivity contribution in [2.24, 2.45) is 0 Å². The molecule has 21 heavy (non-hydrogen) atoms. The summed E-state index contributed by atoms with van der Waals surface area (Å²) in [5, 5.41) is 4.27. The summed E-state index contributed by atoms with van der Waals surface area (Å²) < 4.78 is 5.59. The summed E-state index contributed by atoms with van der Waals surface area (Å²) in [6.07, 6.45) is 3.88. The Morgan fingerprint density at radius 2 is 2.05 bits per heavy atom. The van der Waals surface area contributed by atoms with Crippen LogP contribution in [0.2, 0.25) is 5.02 Å². The van der Waals surface area contributed by atoms with Gasteiger partial charge in [-0.25, -0.2) is 0 Å². The van der Waals surface area contributed by atoms with Crippen LogP contribution in [0.15, 0.2) is 24.3 Å². The van der Waals surface area contributed by atoms with E-state index < -0.39 is 0 Å². The smallest absolute Gasteiger partial charge is 0.244 e. The van der Waals surface area contributed by atoms with Crippen molar-refractivity contribution < 1.29 is 9.53 Å². The molecule has 0 aromatic heterocycles. The lowest BCUT2D eigenvalue weighted by atomic mass is 10.1. The molecule has 1 aliphatic carbocycles. The van der Waals surface area contributed by atoms with Crippen molar-refractivity contribution in [2.75, 3.05) is 13.2 Å². The minimum absolute atomic E-state index is 0.0519. The highest BCUT2D eigenvalue weighted by molar-refractivity contribution is 6.30. The Labute approximate surface area is 129 Å². The fraction of sp³-hybridized carbons (Fsp3) is 0.562. The van der Waals surface area contributed by atoms with Crippen LogP contribution in [0.1, 0.15) is 37.4 Å². The first-order valence-corrected chi connectivity index (χ1v) is 8.01. The van der Waals surface area contributed by atoms with E-state index in [4.69, 9.17) is 16.3 Å². The highest BCUT2D eigenvalue weighted by Crippen LogP contribution is 2.47. The van der Waals surface area contributed by atoms with Crippen molar-refractivity contribution in [3.05, 3.63) is 34.9 Å². The Hall–Kier alpha value is -1.10. The molecule has 0 radical (unpaired) electrons. The lowest BCUT2D eigenvalue weighted by Crippen LogP contribution is -2.45. The second-order valence-corrected chi connectivity index (χ2v) is 6.70. The zero-order chi connectivity index (χ0) is 14.4. The van der Waals surface area contributed by atoms with Crippen molar-refractivity contribution in [1.29, 1.82) is 0 Å². The number of carbonyl (C=O) groups excluding carboxylic acids is 1. The number of nitrogens with one attached hydrogen (secondary N) is 1. The van der Waals surface area contributed by atoms with Crippen LogP contribution < -0.4 is 5.32 Å². The fourth-order valence-corrected chi connectivity index (χ4v) is 3.58. The molecule has 3 fully saturated rings. The third-order valence-corrected chi connectivity index (χ3v) is 5.05. The third kappa shape index (κ3) is 2.26. The predicted octanol–water partition coefficient (Wildman–Crippen LogP) is 2.48. The number of benzene rings is 1. The number of nitrogens with zero attached hydrogens (tertiary/aromatic N) is 1. The minimum atomic E-state index is -0.304. The van der Waals surface area contributed by atoms with Gasteiger partial charge < -0.3 is 9.64 Å². The first-order chi connectivity index (χ1) is 10.2. The zero-order valence-electron chi connectivity index (χ0n) is 11.8. The molecular formula is C16H19ClN2O2. The first kappa shape index (κ1) is 13.6. The number of hydrogen-bond acceptors (Lipinski definition) is 3. The summed E-state index contributed by atoms with van der Waals surface area (Å²) >= 11 is 5.98. The van der Waals surface area contributed by atoms with Gasteiger partial charge >= 0.3 is 0 Å². The normalized spacial score (nSPS) is 30.9. The molecule has 1 aromatic carbocycles. The summed E-state index contributed by atoms with van der Waals surface area (Å²) in [6, 6.07) is 7.96. The number of amides is 1. The van der Waals surface area contributed by atoms with Crippen LogP contribution in [0.3, 0.4) is 0 Å². The molecule has 3 aliphatic rings. The van der Waals surface area contributed by atoms with E-state index in [-0.39, 0.29) is 23.7 Å². The number of rotatable bonds is 2. The van der Waals surface area contributed by atoms with Gasteiger partial charge in [-0.3, -0.25) is 10.1 Å². The van der Waals surface area contributed by atoms with Gasteiger partial charge in [-0.2, -0.15) is 0 Å². The molecular weight excluding hydrogens is 288 g/mol. The Balaban J connectivity index is 1.66. The molecule has 0 bridgehead atoms. The van der Waals surface area contributed by atoms with Crippen LogP contribution in [0, 0.1) is 0 Å². The second kappa shape index (κ2) is 4.97. The second-order valence-electron chi connectivity index (χ2n) is 6.26. The van der Waals surface area contributed by atoms with Crippen molar-refractivity contribution in [3.8, 4) is 0 Å². The minimum Gasteiger partial charge on any atom is -0.379 e.